The highest BCUT2D eigenvalue weighted by molar-refractivity contribution is 9.10. The van der Waals surface area contributed by atoms with E-state index in [1.807, 2.05) is 0 Å². The molecule has 1 aromatic rings. The van der Waals surface area contributed by atoms with Gasteiger partial charge >= 0.3 is 0 Å². The summed E-state index contributed by atoms with van der Waals surface area (Å²) in [5.74, 6) is 0.644. The summed E-state index contributed by atoms with van der Waals surface area (Å²) in [5, 5.41) is 0. The van der Waals surface area contributed by atoms with Gasteiger partial charge in [-0.3, -0.25) is 0 Å². The van der Waals surface area contributed by atoms with Crippen LogP contribution in [0.4, 0.5) is 0 Å². The van der Waals surface area contributed by atoms with E-state index in [0.717, 1.165) is 17.3 Å². The van der Waals surface area contributed by atoms with E-state index in [4.69, 9.17) is 5.73 Å². The van der Waals surface area contributed by atoms with Crippen LogP contribution in [0.2, 0.25) is 0 Å². The van der Waals surface area contributed by atoms with Crippen LogP contribution in [0.15, 0.2) is 28.7 Å². The zero-order valence-corrected chi connectivity index (χ0v) is 10.9. The van der Waals surface area contributed by atoms with Gasteiger partial charge in [-0.2, -0.15) is 0 Å². The highest BCUT2D eigenvalue weighted by Gasteiger charge is 2.48. The van der Waals surface area contributed by atoms with Crippen molar-refractivity contribution >= 4 is 15.9 Å². The Balaban J connectivity index is 2.23. The second kappa shape index (κ2) is 3.91. The molecule has 3 unspecified atom stereocenters. The van der Waals surface area contributed by atoms with Crippen LogP contribution in [0.1, 0.15) is 38.2 Å². The predicted octanol–water partition coefficient (Wildman–Crippen LogP) is 3.68. The minimum Gasteiger partial charge on any atom is -0.327 e. The molecule has 1 nitrogen and oxygen atoms in total. The molecule has 0 amide bonds. The Morgan fingerprint density at radius 1 is 1.40 bits per heavy atom. The summed E-state index contributed by atoms with van der Waals surface area (Å²) in [6, 6.07) is 9.05. The van der Waals surface area contributed by atoms with Crippen LogP contribution in [0, 0.1) is 5.41 Å². The fraction of sp³-hybridized carbons (Fsp3) is 0.538. The van der Waals surface area contributed by atoms with Crippen molar-refractivity contribution < 1.29 is 0 Å². The summed E-state index contributed by atoms with van der Waals surface area (Å²) in [5.41, 5.74) is 7.85. The second-order valence-electron chi connectivity index (χ2n) is 4.81. The van der Waals surface area contributed by atoms with Crippen molar-refractivity contribution in [3.05, 3.63) is 34.3 Å². The number of rotatable bonds is 2. The summed E-state index contributed by atoms with van der Waals surface area (Å²) in [7, 11) is 0. The summed E-state index contributed by atoms with van der Waals surface area (Å²) < 4.78 is 1.15. The Morgan fingerprint density at radius 2 is 2.00 bits per heavy atom. The van der Waals surface area contributed by atoms with E-state index in [9.17, 15) is 0 Å². The zero-order chi connectivity index (χ0) is 11.1. The minimum absolute atomic E-state index is 0.299. The maximum Gasteiger partial charge on any atom is 0.0175 e. The number of hydrogen-bond acceptors (Lipinski definition) is 1. The molecule has 0 heterocycles. The van der Waals surface area contributed by atoms with E-state index in [0.29, 0.717) is 17.4 Å². The molecule has 1 aliphatic rings. The molecule has 82 valence electrons. The highest BCUT2D eigenvalue weighted by atomic mass is 79.9. The van der Waals surface area contributed by atoms with Crippen molar-refractivity contribution in [2.75, 3.05) is 0 Å². The topological polar surface area (TPSA) is 26.0 Å². The van der Waals surface area contributed by atoms with Crippen molar-refractivity contribution in [3.63, 3.8) is 0 Å². The molecule has 0 aliphatic heterocycles. The van der Waals surface area contributed by atoms with E-state index < -0.39 is 0 Å². The van der Waals surface area contributed by atoms with Crippen LogP contribution < -0.4 is 5.73 Å². The van der Waals surface area contributed by atoms with Gasteiger partial charge in [-0.15, -0.1) is 0 Å². The van der Waals surface area contributed by atoms with E-state index >= 15 is 0 Å². The van der Waals surface area contributed by atoms with Gasteiger partial charge < -0.3 is 5.73 Å². The molecule has 1 fully saturated rings. The van der Waals surface area contributed by atoms with Crippen LogP contribution in [-0.4, -0.2) is 6.04 Å². The first-order chi connectivity index (χ1) is 7.08. The van der Waals surface area contributed by atoms with Crippen molar-refractivity contribution in [3.8, 4) is 0 Å². The summed E-state index contributed by atoms with van der Waals surface area (Å²) in [6.45, 7) is 4.55. The molecule has 0 aromatic heterocycles. The predicted molar refractivity (Wildman–Crippen MR) is 67.9 cm³/mol. The molecule has 1 saturated carbocycles. The molecule has 15 heavy (non-hydrogen) atoms. The molecule has 1 aliphatic carbocycles. The van der Waals surface area contributed by atoms with Crippen molar-refractivity contribution in [1.82, 2.24) is 0 Å². The second-order valence-corrected chi connectivity index (χ2v) is 5.72. The Morgan fingerprint density at radius 3 is 2.47 bits per heavy atom. The Bertz CT molecular complexity index is 346. The van der Waals surface area contributed by atoms with E-state index in [1.165, 1.54) is 5.56 Å². The Hall–Kier alpha value is -0.340. The van der Waals surface area contributed by atoms with Gasteiger partial charge in [0.15, 0.2) is 0 Å². The fourth-order valence-corrected chi connectivity index (χ4v) is 2.88. The van der Waals surface area contributed by atoms with E-state index in [2.05, 4.69) is 54.0 Å². The first kappa shape index (κ1) is 11.2. The molecule has 3 atom stereocenters. The van der Waals surface area contributed by atoms with Crippen molar-refractivity contribution in [2.45, 2.75) is 38.6 Å². The first-order valence-electron chi connectivity index (χ1n) is 5.59. The van der Waals surface area contributed by atoms with E-state index in [-0.39, 0.29) is 0 Å². The lowest BCUT2D eigenvalue weighted by atomic mass is 9.54. The van der Waals surface area contributed by atoms with Crippen LogP contribution in [0.3, 0.4) is 0 Å². The quantitative estimate of drug-likeness (QED) is 0.870. The SMILES string of the molecule is CCC1(C)C(N)CC1c1ccc(Br)cc1. The smallest absolute Gasteiger partial charge is 0.0175 e. The van der Waals surface area contributed by atoms with Crippen LogP contribution in [0.5, 0.6) is 0 Å². The lowest BCUT2D eigenvalue weighted by molar-refractivity contribution is 0.0706. The maximum absolute atomic E-state index is 6.12. The van der Waals surface area contributed by atoms with Crippen LogP contribution in [0.25, 0.3) is 0 Å². The number of nitrogens with two attached hydrogens (primary N) is 1. The molecular formula is C13H18BrN. The summed E-state index contributed by atoms with van der Waals surface area (Å²) >= 11 is 3.47. The number of hydrogen-bond donors (Lipinski definition) is 1. The molecule has 1 aromatic carbocycles. The zero-order valence-electron chi connectivity index (χ0n) is 9.33. The third-order valence-corrected chi connectivity index (χ3v) is 4.70. The molecule has 0 spiro atoms. The normalized spacial score (nSPS) is 34.9. The van der Waals surface area contributed by atoms with Crippen LogP contribution >= 0.6 is 15.9 Å². The Kier molecular flexibility index (Phi) is 2.91. The lowest BCUT2D eigenvalue weighted by Crippen LogP contribution is -2.54. The fourth-order valence-electron chi connectivity index (χ4n) is 2.61. The van der Waals surface area contributed by atoms with Gasteiger partial charge in [-0.1, -0.05) is 41.9 Å². The lowest BCUT2D eigenvalue weighted by Gasteiger charge is -2.53. The molecular weight excluding hydrogens is 250 g/mol. The van der Waals surface area contributed by atoms with Gasteiger partial charge in [0.25, 0.3) is 0 Å². The molecule has 2 N–H and O–H groups in total. The molecule has 0 radical (unpaired) electrons. The number of halogens is 1. The Labute approximate surface area is 100 Å². The summed E-state index contributed by atoms with van der Waals surface area (Å²) in [6.07, 6.45) is 2.29. The summed E-state index contributed by atoms with van der Waals surface area (Å²) in [4.78, 5) is 0. The van der Waals surface area contributed by atoms with Gasteiger partial charge in [-0.25, -0.2) is 0 Å². The van der Waals surface area contributed by atoms with Gasteiger partial charge in [0, 0.05) is 10.5 Å². The molecule has 2 heteroatoms. The number of benzene rings is 1. The first-order valence-corrected chi connectivity index (χ1v) is 6.38. The molecule has 2 rings (SSSR count). The third kappa shape index (κ3) is 1.74. The van der Waals surface area contributed by atoms with Crippen molar-refractivity contribution in [2.24, 2.45) is 11.1 Å². The molecule has 0 bridgehead atoms. The van der Waals surface area contributed by atoms with Gasteiger partial charge in [-0.05, 0) is 41.9 Å². The third-order valence-electron chi connectivity index (χ3n) is 4.17. The van der Waals surface area contributed by atoms with Gasteiger partial charge in [0.1, 0.15) is 0 Å². The maximum atomic E-state index is 6.12. The van der Waals surface area contributed by atoms with Crippen molar-refractivity contribution in [1.29, 1.82) is 0 Å². The highest BCUT2D eigenvalue weighted by Crippen LogP contribution is 2.53. The minimum atomic E-state index is 0.299. The largest absolute Gasteiger partial charge is 0.327 e. The average Bonchev–Trinajstić information content (AvgIpc) is 2.26. The van der Waals surface area contributed by atoms with Gasteiger partial charge in [0.2, 0.25) is 0 Å². The average molecular weight is 268 g/mol. The molecule has 0 saturated heterocycles. The van der Waals surface area contributed by atoms with Gasteiger partial charge in [0.05, 0.1) is 0 Å². The van der Waals surface area contributed by atoms with Crippen LogP contribution in [-0.2, 0) is 0 Å². The standard InChI is InChI=1S/C13H18BrN/c1-3-13(2)11(8-12(13)15)9-4-6-10(14)7-5-9/h4-7,11-12H,3,8,15H2,1-2H3. The monoisotopic (exact) mass is 267 g/mol. The van der Waals surface area contributed by atoms with E-state index in [1.54, 1.807) is 0 Å².